The Morgan fingerprint density at radius 3 is 2.94 bits per heavy atom. The van der Waals surface area contributed by atoms with Crippen molar-refractivity contribution in [2.24, 2.45) is 0 Å². The highest BCUT2D eigenvalue weighted by molar-refractivity contribution is 14.1. The summed E-state index contributed by atoms with van der Waals surface area (Å²) < 4.78 is 6.34. The highest BCUT2D eigenvalue weighted by atomic mass is 127. The van der Waals surface area contributed by atoms with Gasteiger partial charge in [-0.25, -0.2) is 4.79 Å². The minimum Gasteiger partial charge on any atom is -0.451 e. The summed E-state index contributed by atoms with van der Waals surface area (Å²) in [6, 6.07) is 1.94. The second-order valence-electron chi connectivity index (χ2n) is 4.48. The van der Waals surface area contributed by atoms with Crippen molar-refractivity contribution in [1.82, 2.24) is 4.98 Å². The number of hydrogen-bond donors (Lipinski definition) is 0. The van der Waals surface area contributed by atoms with E-state index in [1.54, 1.807) is 12.4 Å². The number of pyridine rings is 1. The van der Waals surface area contributed by atoms with Gasteiger partial charge in [0.05, 0.1) is 5.56 Å². The van der Waals surface area contributed by atoms with Gasteiger partial charge in [-0.15, -0.1) is 0 Å². The summed E-state index contributed by atoms with van der Waals surface area (Å²) in [5.74, 6) is -0.199. The average molecular weight is 329 g/mol. The zero-order valence-electron chi connectivity index (χ0n) is 8.78. The van der Waals surface area contributed by atoms with Crippen LogP contribution >= 0.6 is 22.6 Å². The smallest absolute Gasteiger partial charge is 0.341 e. The molecule has 0 saturated heterocycles. The molecule has 3 nitrogen and oxygen atoms in total. The second kappa shape index (κ2) is 3.68. The molecule has 84 valence electrons. The fourth-order valence-corrected chi connectivity index (χ4v) is 3.28. The number of aromatic nitrogens is 1. The van der Waals surface area contributed by atoms with E-state index in [9.17, 15) is 4.79 Å². The molecule has 0 bridgehead atoms. The summed E-state index contributed by atoms with van der Waals surface area (Å²) in [7, 11) is 0. The predicted molar refractivity (Wildman–Crippen MR) is 67.6 cm³/mol. The lowest BCUT2D eigenvalue weighted by Crippen LogP contribution is -2.32. The minimum atomic E-state index is -0.336. The van der Waals surface area contributed by atoms with E-state index in [0.717, 1.165) is 31.2 Å². The first-order valence-electron chi connectivity index (χ1n) is 5.53. The number of esters is 1. The molecule has 0 radical (unpaired) electrons. The largest absolute Gasteiger partial charge is 0.451 e. The summed E-state index contributed by atoms with van der Waals surface area (Å²) in [6.07, 6.45) is 7.51. The van der Waals surface area contributed by atoms with Crippen molar-refractivity contribution < 1.29 is 9.53 Å². The van der Waals surface area contributed by atoms with Crippen LogP contribution in [0.2, 0.25) is 0 Å². The predicted octanol–water partition coefficient (Wildman–Crippen LogP) is 2.82. The summed E-state index contributed by atoms with van der Waals surface area (Å²) in [5, 5.41) is 0. The third kappa shape index (κ3) is 1.46. The Kier molecular flexibility index (Phi) is 2.42. The maximum Gasteiger partial charge on any atom is 0.341 e. The van der Waals surface area contributed by atoms with Crippen LogP contribution in [0.5, 0.6) is 0 Å². The highest BCUT2D eigenvalue weighted by Gasteiger charge is 2.47. The van der Waals surface area contributed by atoms with E-state index < -0.39 is 0 Å². The Labute approximate surface area is 108 Å². The van der Waals surface area contributed by atoms with Gasteiger partial charge in [0.2, 0.25) is 0 Å². The maximum absolute atomic E-state index is 11.8. The quantitative estimate of drug-likeness (QED) is 0.417. The third-order valence-electron chi connectivity index (χ3n) is 3.54. The van der Waals surface area contributed by atoms with Gasteiger partial charge in [0.25, 0.3) is 0 Å². The number of nitrogens with zero attached hydrogens (tertiary/aromatic N) is 1. The molecule has 1 fully saturated rings. The zero-order valence-corrected chi connectivity index (χ0v) is 10.9. The summed E-state index contributed by atoms with van der Waals surface area (Å²) >= 11 is 2.48. The van der Waals surface area contributed by atoms with Crippen LogP contribution in [0.25, 0.3) is 0 Å². The number of rotatable bonds is 0. The van der Waals surface area contributed by atoms with Gasteiger partial charge in [0.1, 0.15) is 5.60 Å². The lowest BCUT2D eigenvalue weighted by Gasteiger charge is -2.34. The van der Waals surface area contributed by atoms with E-state index in [1.807, 2.05) is 6.07 Å². The molecule has 1 spiro atoms. The number of carbonyl (C=O) groups is 1. The highest BCUT2D eigenvalue weighted by Crippen LogP contribution is 2.47. The molecule has 1 aromatic heterocycles. The first kappa shape index (κ1) is 10.5. The fraction of sp³-hybridized carbons (Fsp3) is 0.500. The monoisotopic (exact) mass is 329 g/mol. The molecule has 1 aliphatic carbocycles. The van der Waals surface area contributed by atoms with E-state index in [1.165, 1.54) is 0 Å². The van der Waals surface area contributed by atoms with Gasteiger partial charge in [0, 0.05) is 21.9 Å². The molecular formula is C12H12INO2. The van der Waals surface area contributed by atoms with Crippen molar-refractivity contribution in [1.29, 1.82) is 0 Å². The van der Waals surface area contributed by atoms with Crippen LogP contribution in [0, 0.1) is 0 Å². The Morgan fingerprint density at radius 1 is 1.44 bits per heavy atom. The van der Waals surface area contributed by atoms with Crippen LogP contribution in [0.15, 0.2) is 18.5 Å². The summed E-state index contributed by atoms with van der Waals surface area (Å²) in [5.41, 5.74) is 1.38. The molecule has 3 rings (SSSR count). The number of hydrogen-bond acceptors (Lipinski definition) is 3. The van der Waals surface area contributed by atoms with E-state index in [4.69, 9.17) is 4.74 Å². The van der Waals surface area contributed by atoms with Gasteiger partial charge in [0.15, 0.2) is 0 Å². The van der Waals surface area contributed by atoms with E-state index in [-0.39, 0.29) is 11.6 Å². The maximum atomic E-state index is 11.8. The number of halogens is 1. The van der Waals surface area contributed by atoms with Crippen molar-refractivity contribution in [3.05, 3.63) is 29.6 Å². The molecule has 0 atom stereocenters. The molecular weight excluding hydrogens is 317 g/mol. The molecule has 1 aliphatic heterocycles. The van der Waals surface area contributed by atoms with Crippen LogP contribution in [0.3, 0.4) is 0 Å². The molecule has 0 amide bonds. The lowest BCUT2D eigenvalue weighted by molar-refractivity contribution is -0.0266. The van der Waals surface area contributed by atoms with E-state index in [0.29, 0.717) is 9.49 Å². The third-order valence-corrected chi connectivity index (χ3v) is 4.79. The fourth-order valence-electron chi connectivity index (χ4n) is 2.66. The van der Waals surface area contributed by atoms with Gasteiger partial charge in [-0.1, -0.05) is 22.6 Å². The number of fused-ring (bicyclic) bond motifs is 2. The molecule has 1 aromatic rings. The first-order valence-corrected chi connectivity index (χ1v) is 6.78. The van der Waals surface area contributed by atoms with E-state index >= 15 is 0 Å². The Bertz CT molecular complexity index is 438. The second-order valence-corrected chi connectivity index (χ2v) is 6.24. The standard InChI is InChI=1S/C12H12INO2/c13-8-1-4-12(5-2-8)10-3-6-14-7-9(10)11(15)16-12/h3,6-8H,1-2,4-5H2. The Morgan fingerprint density at radius 2 is 2.19 bits per heavy atom. The molecule has 2 heterocycles. The number of alkyl halides is 1. The van der Waals surface area contributed by atoms with Gasteiger partial charge in [-0.2, -0.15) is 0 Å². The molecule has 16 heavy (non-hydrogen) atoms. The van der Waals surface area contributed by atoms with E-state index in [2.05, 4.69) is 27.6 Å². The van der Waals surface area contributed by atoms with Crippen molar-refractivity contribution in [3.8, 4) is 0 Å². The molecule has 0 unspecified atom stereocenters. The van der Waals surface area contributed by atoms with Crippen LogP contribution in [-0.2, 0) is 10.3 Å². The van der Waals surface area contributed by atoms with Gasteiger partial charge in [-0.3, -0.25) is 4.98 Å². The molecule has 0 N–H and O–H groups in total. The van der Waals surface area contributed by atoms with Crippen molar-refractivity contribution in [3.63, 3.8) is 0 Å². The normalized spacial score (nSPS) is 32.6. The van der Waals surface area contributed by atoms with Crippen molar-refractivity contribution >= 4 is 28.6 Å². The van der Waals surface area contributed by atoms with Crippen LogP contribution < -0.4 is 0 Å². The van der Waals surface area contributed by atoms with Crippen LogP contribution in [0.1, 0.15) is 41.6 Å². The zero-order chi connectivity index (χ0) is 11.2. The van der Waals surface area contributed by atoms with Gasteiger partial charge < -0.3 is 4.74 Å². The summed E-state index contributed by atoms with van der Waals surface area (Å²) in [4.78, 5) is 15.8. The number of carbonyl (C=O) groups excluding carboxylic acids is 1. The Hall–Kier alpha value is -0.650. The topological polar surface area (TPSA) is 39.2 Å². The van der Waals surface area contributed by atoms with Crippen molar-refractivity contribution in [2.75, 3.05) is 0 Å². The lowest BCUT2D eigenvalue weighted by atomic mass is 9.80. The molecule has 1 saturated carbocycles. The van der Waals surface area contributed by atoms with Crippen molar-refractivity contribution in [2.45, 2.75) is 35.2 Å². The van der Waals surface area contributed by atoms with Crippen LogP contribution in [0.4, 0.5) is 0 Å². The average Bonchev–Trinajstić information content (AvgIpc) is 2.58. The SMILES string of the molecule is O=C1OC2(CCC(I)CC2)c2ccncc21. The molecule has 4 heteroatoms. The number of ether oxygens (including phenoxy) is 1. The minimum absolute atomic E-state index is 0.199. The first-order chi connectivity index (χ1) is 7.71. The molecule has 2 aliphatic rings. The van der Waals surface area contributed by atoms with Gasteiger partial charge >= 0.3 is 5.97 Å². The Balaban J connectivity index is 2.02. The summed E-state index contributed by atoms with van der Waals surface area (Å²) in [6.45, 7) is 0. The van der Waals surface area contributed by atoms with Crippen LogP contribution in [-0.4, -0.2) is 14.9 Å². The molecule has 0 aromatic carbocycles. The van der Waals surface area contributed by atoms with Gasteiger partial charge in [-0.05, 0) is 31.7 Å².